The summed E-state index contributed by atoms with van der Waals surface area (Å²) in [7, 11) is 0. The number of benzene rings is 1. The number of para-hydroxylation sites is 1. The quantitative estimate of drug-likeness (QED) is 0.746. The molecule has 0 saturated heterocycles. The minimum Gasteiger partial charge on any atom is -0.237 e. The Hall–Kier alpha value is -1.57. The lowest BCUT2D eigenvalue weighted by Crippen LogP contribution is -2.06. The van der Waals surface area contributed by atoms with Crippen molar-refractivity contribution >= 4 is 0 Å². The fourth-order valence-corrected chi connectivity index (χ4v) is 2.13. The lowest BCUT2D eigenvalue weighted by Gasteiger charge is -2.13. The molecule has 0 unspecified atom stereocenters. The summed E-state index contributed by atoms with van der Waals surface area (Å²) in [6, 6.07) is 8.36. The van der Waals surface area contributed by atoms with Gasteiger partial charge in [0.05, 0.1) is 11.9 Å². The highest BCUT2D eigenvalue weighted by molar-refractivity contribution is 5.42. The number of rotatable bonds is 2. The summed E-state index contributed by atoms with van der Waals surface area (Å²) in [4.78, 5) is 0. The maximum Gasteiger partial charge on any atom is 0.0678 e. The average Bonchev–Trinajstić information content (AvgIpc) is 2.61. The van der Waals surface area contributed by atoms with Gasteiger partial charge in [0.2, 0.25) is 0 Å². The van der Waals surface area contributed by atoms with Crippen molar-refractivity contribution in [3.63, 3.8) is 0 Å². The summed E-state index contributed by atoms with van der Waals surface area (Å²) in [5.74, 6) is 0.488. The topological polar surface area (TPSA) is 17.8 Å². The Bertz CT molecular complexity index is 495. The van der Waals surface area contributed by atoms with Gasteiger partial charge in [-0.3, -0.25) is 0 Å². The van der Waals surface area contributed by atoms with E-state index in [0.29, 0.717) is 5.92 Å². The van der Waals surface area contributed by atoms with Crippen LogP contribution in [0.1, 0.15) is 36.6 Å². The molecule has 1 heterocycles. The van der Waals surface area contributed by atoms with Crippen molar-refractivity contribution in [1.82, 2.24) is 9.78 Å². The van der Waals surface area contributed by atoms with Crippen LogP contribution in [0.25, 0.3) is 5.69 Å². The molecule has 16 heavy (non-hydrogen) atoms. The van der Waals surface area contributed by atoms with Gasteiger partial charge in [0.15, 0.2) is 0 Å². The molecule has 0 aliphatic rings. The van der Waals surface area contributed by atoms with E-state index >= 15 is 0 Å². The molecule has 0 amide bonds. The van der Waals surface area contributed by atoms with Crippen LogP contribution in [0, 0.1) is 13.8 Å². The van der Waals surface area contributed by atoms with Crippen LogP contribution >= 0.6 is 0 Å². The van der Waals surface area contributed by atoms with Crippen LogP contribution in [0.3, 0.4) is 0 Å². The second-order valence-electron chi connectivity index (χ2n) is 4.57. The van der Waals surface area contributed by atoms with E-state index in [1.807, 2.05) is 6.20 Å². The fraction of sp³-hybridized carbons (Fsp3) is 0.357. The zero-order valence-corrected chi connectivity index (χ0v) is 10.4. The monoisotopic (exact) mass is 214 g/mol. The summed E-state index contributed by atoms with van der Waals surface area (Å²) in [5.41, 5.74) is 5.00. The van der Waals surface area contributed by atoms with Crippen LogP contribution in [0.5, 0.6) is 0 Å². The Balaban J connectivity index is 2.61. The first-order valence-corrected chi connectivity index (χ1v) is 5.71. The van der Waals surface area contributed by atoms with Gasteiger partial charge in [-0.25, -0.2) is 4.68 Å². The molecule has 0 saturated carbocycles. The summed E-state index contributed by atoms with van der Waals surface area (Å²) in [6.45, 7) is 8.66. The van der Waals surface area contributed by atoms with Crippen LogP contribution in [0.4, 0.5) is 0 Å². The summed E-state index contributed by atoms with van der Waals surface area (Å²) in [6.07, 6.45) is 1.95. The second kappa shape index (κ2) is 4.12. The highest BCUT2D eigenvalue weighted by atomic mass is 15.3. The van der Waals surface area contributed by atoms with Gasteiger partial charge >= 0.3 is 0 Å². The molecule has 1 aromatic carbocycles. The van der Waals surface area contributed by atoms with Crippen LogP contribution in [-0.2, 0) is 0 Å². The van der Waals surface area contributed by atoms with E-state index in [1.54, 1.807) is 0 Å². The zero-order valence-electron chi connectivity index (χ0n) is 10.4. The Morgan fingerprint density at radius 2 is 1.75 bits per heavy atom. The van der Waals surface area contributed by atoms with E-state index in [9.17, 15) is 0 Å². The SMILES string of the molecule is Cc1ccccc1-n1ncc(C)c1C(C)C. The molecule has 84 valence electrons. The van der Waals surface area contributed by atoms with Gasteiger partial charge in [-0.2, -0.15) is 5.10 Å². The van der Waals surface area contributed by atoms with E-state index in [4.69, 9.17) is 0 Å². The maximum absolute atomic E-state index is 4.48. The molecule has 2 nitrogen and oxygen atoms in total. The molecule has 2 aromatic rings. The van der Waals surface area contributed by atoms with Gasteiger partial charge in [-0.1, -0.05) is 32.0 Å². The maximum atomic E-state index is 4.48. The normalized spacial score (nSPS) is 11.1. The number of aryl methyl sites for hydroxylation is 2. The standard InChI is InChI=1S/C14H18N2/c1-10(2)14-12(4)9-15-16(14)13-8-6-5-7-11(13)3/h5-10H,1-4H3. The van der Waals surface area contributed by atoms with Gasteiger partial charge in [0, 0.05) is 5.69 Å². The molecule has 0 atom stereocenters. The zero-order chi connectivity index (χ0) is 11.7. The lowest BCUT2D eigenvalue weighted by atomic mass is 10.1. The van der Waals surface area contributed by atoms with Crippen molar-refractivity contribution in [2.24, 2.45) is 0 Å². The van der Waals surface area contributed by atoms with Gasteiger partial charge in [0.25, 0.3) is 0 Å². The highest BCUT2D eigenvalue weighted by Crippen LogP contribution is 2.23. The van der Waals surface area contributed by atoms with Crippen LogP contribution in [0.2, 0.25) is 0 Å². The fourth-order valence-electron chi connectivity index (χ4n) is 2.13. The number of hydrogen-bond acceptors (Lipinski definition) is 1. The molecule has 2 heteroatoms. The van der Waals surface area contributed by atoms with E-state index in [2.05, 4.69) is 61.7 Å². The van der Waals surface area contributed by atoms with Crippen molar-refractivity contribution in [3.05, 3.63) is 47.3 Å². The predicted octanol–water partition coefficient (Wildman–Crippen LogP) is 3.61. The van der Waals surface area contributed by atoms with Crippen molar-refractivity contribution < 1.29 is 0 Å². The lowest BCUT2D eigenvalue weighted by molar-refractivity contribution is 0.727. The molecule has 0 fully saturated rings. The van der Waals surface area contributed by atoms with Crippen LogP contribution in [-0.4, -0.2) is 9.78 Å². The molecular weight excluding hydrogens is 196 g/mol. The molecule has 0 radical (unpaired) electrons. The van der Waals surface area contributed by atoms with E-state index in [0.717, 1.165) is 0 Å². The molecule has 0 N–H and O–H groups in total. The smallest absolute Gasteiger partial charge is 0.0678 e. The summed E-state index contributed by atoms with van der Waals surface area (Å²) < 4.78 is 2.06. The Morgan fingerprint density at radius 3 is 2.38 bits per heavy atom. The summed E-state index contributed by atoms with van der Waals surface area (Å²) in [5, 5.41) is 4.48. The molecular formula is C14H18N2. The van der Waals surface area contributed by atoms with Crippen LogP contribution < -0.4 is 0 Å². The van der Waals surface area contributed by atoms with Crippen molar-refractivity contribution in [2.75, 3.05) is 0 Å². The molecule has 0 spiro atoms. The molecule has 1 aromatic heterocycles. The Morgan fingerprint density at radius 1 is 1.06 bits per heavy atom. The second-order valence-corrected chi connectivity index (χ2v) is 4.57. The molecule has 2 rings (SSSR count). The third-order valence-electron chi connectivity index (χ3n) is 2.89. The van der Waals surface area contributed by atoms with E-state index < -0.39 is 0 Å². The minimum absolute atomic E-state index is 0.488. The largest absolute Gasteiger partial charge is 0.237 e. The van der Waals surface area contributed by atoms with Gasteiger partial charge in [0.1, 0.15) is 0 Å². The predicted molar refractivity (Wildman–Crippen MR) is 67.1 cm³/mol. The minimum atomic E-state index is 0.488. The first-order chi connectivity index (χ1) is 7.61. The number of aromatic nitrogens is 2. The molecule has 0 bridgehead atoms. The van der Waals surface area contributed by atoms with Gasteiger partial charge in [-0.15, -0.1) is 0 Å². The Labute approximate surface area is 96.9 Å². The van der Waals surface area contributed by atoms with Gasteiger partial charge < -0.3 is 0 Å². The third-order valence-corrected chi connectivity index (χ3v) is 2.89. The van der Waals surface area contributed by atoms with Crippen molar-refractivity contribution in [3.8, 4) is 5.69 Å². The van der Waals surface area contributed by atoms with Gasteiger partial charge in [-0.05, 0) is 37.0 Å². The first-order valence-electron chi connectivity index (χ1n) is 5.71. The van der Waals surface area contributed by atoms with Crippen molar-refractivity contribution in [2.45, 2.75) is 33.6 Å². The van der Waals surface area contributed by atoms with Crippen molar-refractivity contribution in [1.29, 1.82) is 0 Å². The summed E-state index contributed by atoms with van der Waals surface area (Å²) >= 11 is 0. The number of hydrogen-bond donors (Lipinski definition) is 0. The van der Waals surface area contributed by atoms with Crippen LogP contribution in [0.15, 0.2) is 30.5 Å². The average molecular weight is 214 g/mol. The Kier molecular flexibility index (Phi) is 2.82. The number of nitrogens with zero attached hydrogens (tertiary/aromatic N) is 2. The third kappa shape index (κ3) is 1.75. The van der Waals surface area contributed by atoms with E-state index in [1.165, 1.54) is 22.5 Å². The molecule has 0 aliphatic heterocycles. The highest BCUT2D eigenvalue weighted by Gasteiger charge is 2.13. The first kappa shape index (κ1) is 10.9. The van der Waals surface area contributed by atoms with E-state index in [-0.39, 0.29) is 0 Å². The molecule has 0 aliphatic carbocycles.